The average Bonchev–Trinajstić information content (AvgIpc) is 2.83. The van der Waals surface area contributed by atoms with Crippen LogP contribution < -0.4 is 19.5 Å². The van der Waals surface area contributed by atoms with Gasteiger partial charge in [-0.1, -0.05) is 34.1 Å². The number of ether oxygens (including phenoxy) is 3. The van der Waals surface area contributed by atoms with Gasteiger partial charge in [0.25, 0.3) is 5.91 Å². The van der Waals surface area contributed by atoms with E-state index >= 15 is 0 Å². The summed E-state index contributed by atoms with van der Waals surface area (Å²) in [4.78, 5) is 12.7. The fourth-order valence-corrected chi connectivity index (χ4v) is 3.88. The Balaban J connectivity index is 1.79. The monoisotopic (exact) mass is 584 g/mol. The molecule has 1 amide bonds. The Morgan fingerprint density at radius 3 is 2.53 bits per heavy atom. The molecule has 0 bridgehead atoms. The van der Waals surface area contributed by atoms with Crippen LogP contribution in [0.5, 0.6) is 17.2 Å². The van der Waals surface area contributed by atoms with E-state index in [0.717, 1.165) is 10.0 Å². The molecule has 0 saturated carbocycles. The van der Waals surface area contributed by atoms with Crippen LogP contribution in [-0.2, 0) is 11.4 Å². The van der Waals surface area contributed by atoms with Crippen molar-refractivity contribution in [2.45, 2.75) is 13.5 Å². The molecule has 174 valence electrons. The van der Waals surface area contributed by atoms with Crippen LogP contribution in [-0.4, -0.2) is 19.6 Å². The molecule has 8 heteroatoms. The highest BCUT2D eigenvalue weighted by Gasteiger charge is 2.14. The molecule has 0 saturated heterocycles. The van der Waals surface area contributed by atoms with Crippen LogP contribution in [0.15, 0.2) is 75.2 Å². The molecule has 34 heavy (non-hydrogen) atoms. The van der Waals surface area contributed by atoms with Gasteiger partial charge in [-0.3, -0.25) is 4.79 Å². The minimum absolute atomic E-state index is 0.0562. The third-order valence-electron chi connectivity index (χ3n) is 4.63. The van der Waals surface area contributed by atoms with Crippen LogP contribution in [0.2, 0.25) is 0 Å². The molecule has 3 aromatic rings. The Morgan fingerprint density at radius 1 is 1.09 bits per heavy atom. The van der Waals surface area contributed by atoms with Crippen molar-refractivity contribution in [3.63, 3.8) is 0 Å². The molecule has 0 spiro atoms. The summed E-state index contributed by atoms with van der Waals surface area (Å²) >= 11 is 6.93. The second-order valence-corrected chi connectivity index (χ2v) is 8.80. The summed E-state index contributed by atoms with van der Waals surface area (Å²) in [5.74, 6) is 1.11. The van der Waals surface area contributed by atoms with Crippen molar-refractivity contribution in [1.29, 1.82) is 5.26 Å². The van der Waals surface area contributed by atoms with Gasteiger partial charge in [0.05, 0.1) is 18.2 Å². The fraction of sp³-hybridized carbons (Fsp3) is 0.154. The van der Waals surface area contributed by atoms with Crippen molar-refractivity contribution in [3.8, 4) is 23.3 Å². The van der Waals surface area contributed by atoms with Crippen LogP contribution in [0.25, 0.3) is 6.08 Å². The number of halogens is 2. The number of hydrogen-bond acceptors (Lipinski definition) is 5. The first kappa shape index (κ1) is 25.3. The fourth-order valence-electron chi connectivity index (χ4n) is 3.04. The van der Waals surface area contributed by atoms with E-state index < -0.39 is 5.91 Å². The molecular formula is C26H22Br2N2O4. The molecule has 0 fully saturated rings. The van der Waals surface area contributed by atoms with Gasteiger partial charge in [-0.05, 0) is 76.5 Å². The predicted octanol–water partition coefficient (Wildman–Crippen LogP) is 6.74. The highest BCUT2D eigenvalue weighted by Crippen LogP contribution is 2.38. The zero-order chi connectivity index (χ0) is 24.5. The zero-order valence-electron chi connectivity index (χ0n) is 18.6. The van der Waals surface area contributed by atoms with E-state index in [1.54, 1.807) is 36.4 Å². The highest BCUT2D eigenvalue weighted by molar-refractivity contribution is 9.10. The van der Waals surface area contributed by atoms with Crippen molar-refractivity contribution >= 4 is 49.5 Å². The van der Waals surface area contributed by atoms with Gasteiger partial charge < -0.3 is 19.5 Å². The first-order chi connectivity index (χ1) is 16.4. The summed E-state index contributed by atoms with van der Waals surface area (Å²) < 4.78 is 18.5. The average molecular weight is 586 g/mol. The van der Waals surface area contributed by atoms with Crippen molar-refractivity contribution < 1.29 is 19.0 Å². The first-order valence-corrected chi connectivity index (χ1v) is 11.9. The Kier molecular flexibility index (Phi) is 9.14. The number of nitrogens with zero attached hydrogens (tertiary/aromatic N) is 1. The summed E-state index contributed by atoms with van der Waals surface area (Å²) in [5.41, 5.74) is 2.08. The lowest BCUT2D eigenvalue weighted by atomic mass is 10.1. The number of amides is 1. The van der Waals surface area contributed by atoms with Gasteiger partial charge in [0.2, 0.25) is 0 Å². The van der Waals surface area contributed by atoms with Crippen molar-refractivity contribution in [2.24, 2.45) is 0 Å². The zero-order valence-corrected chi connectivity index (χ0v) is 21.8. The van der Waals surface area contributed by atoms with Gasteiger partial charge >= 0.3 is 0 Å². The number of nitriles is 1. The molecule has 1 N–H and O–H groups in total. The molecule has 0 aliphatic heterocycles. The number of carbonyl (C=O) groups is 1. The van der Waals surface area contributed by atoms with Crippen LogP contribution in [0, 0.1) is 11.3 Å². The van der Waals surface area contributed by atoms with E-state index in [-0.39, 0.29) is 5.57 Å². The Hall–Kier alpha value is -3.28. The lowest BCUT2D eigenvalue weighted by Gasteiger charge is -2.14. The summed E-state index contributed by atoms with van der Waals surface area (Å²) in [6.45, 7) is 2.75. The van der Waals surface area contributed by atoms with E-state index in [0.29, 0.717) is 46.2 Å². The topological polar surface area (TPSA) is 80.6 Å². The SMILES string of the molecule is CCOc1cccc(NC(=O)/C(C#N)=C\c2cc(Br)c(OCc3ccc(Br)cc3)c(OC)c2)c1. The Labute approximate surface area is 215 Å². The number of benzene rings is 3. The summed E-state index contributed by atoms with van der Waals surface area (Å²) in [6.07, 6.45) is 1.49. The molecule has 0 radical (unpaired) electrons. The standard InChI is InChI=1S/C26H22Br2N2O4/c1-3-33-22-6-4-5-21(14-22)30-26(31)19(15-29)11-18-12-23(28)25(24(13-18)32-2)34-16-17-7-9-20(27)10-8-17/h4-14H,3,16H2,1-2H3,(H,30,31)/b19-11-. The number of rotatable bonds is 9. The Morgan fingerprint density at radius 2 is 1.85 bits per heavy atom. The van der Waals surface area contributed by atoms with E-state index in [9.17, 15) is 10.1 Å². The van der Waals surface area contributed by atoms with Crippen LogP contribution >= 0.6 is 31.9 Å². The molecule has 0 aliphatic rings. The quantitative estimate of drug-likeness (QED) is 0.222. The summed E-state index contributed by atoms with van der Waals surface area (Å²) in [6, 6.07) is 20.2. The van der Waals surface area contributed by atoms with Gasteiger partial charge in [-0.2, -0.15) is 5.26 Å². The van der Waals surface area contributed by atoms with E-state index in [4.69, 9.17) is 14.2 Å². The number of carbonyl (C=O) groups excluding carboxylic acids is 1. The predicted molar refractivity (Wildman–Crippen MR) is 139 cm³/mol. The number of methoxy groups -OCH3 is 1. The van der Waals surface area contributed by atoms with Crippen molar-refractivity contribution in [2.75, 3.05) is 19.0 Å². The van der Waals surface area contributed by atoms with Gasteiger partial charge in [0.1, 0.15) is 24.0 Å². The number of nitrogens with one attached hydrogen (secondary N) is 1. The molecule has 0 aliphatic carbocycles. The van der Waals surface area contributed by atoms with Crippen LogP contribution in [0.3, 0.4) is 0 Å². The molecule has 0 heterocycles. The molecule has 0 unspecified atom stereocenters. The van der Waals surface area contributed by atoms with Gasteiger partial charge in [-0.25, -0.2) is 0 Å². The largest absolute Gasteiger partial charge is 0.494 e. The molecule has 6 nitrogen and oxygen atoms in total. The van der Waals surface area contributed by atoms with Gasteiger partial charge in [0.15, 0.2) is 11.5 Å². The third kappa shape index (κ3) is 6.86. The second-order valence-electron chi connectivity index (χ2n) is 7.03. The lowest BCUT2D eigenvalue weighted by molar-refractivity contribution is -0.112. The molecular weight excluding hydrogens is 564 g/mol. The number of anilines is 1. The molecule has 3 rings (SSSR count). The minimum Gasteiger partial charge on any atom is -0.494 e. The van der Waals surface area contributed by atoms with Gasteiger partial charge in [-0.15, -0.1) is 0 Å². The first-order valence-electron chi connectivity index (χ1n) is 10.3. The summed E-state index contributed by atoms with van der Waals surface area (Å²) in [5, 5.41) is 12.3. The maximum atomic E-state index is 12.7. The smallest absolute Gasteiger partial charge is 0.266 e. The maximum Gasteiger partial charge on any atom is 0.266 e. The van der Waals surface area contributed by atoms with Crippen LogP contribution in [0.1, 0.15) is 18.1 Å². The van der Waals surface area contributed by atoms with E-state index in [1.807, 2.05) is 37.3 Å². The Bertz CT molecular complexity index is 1230. The molecule has 3 aromatic carbocycles. The maximum absolute atomic E-state index is 12.7. The highest BCUT2D eigenvalue weighted by atomic mass is 79.9. The lowest BCUT2D eigenvalue weighted by Crippen LogP contribution is -2.13. The normalized spacial score (nSPS) is 10.9. The third-order valence-corrected chi connectivity index (χ3v) is 5.74. The van der Waals surface area contributed by atoms with Crippen molar-refractivity contribution in [3.05, 3.63) is 86.3 Å². The number of hydrogen-bond donors (Lipinski definition) is 1. The summed E-state index contributed by atoms with van der Waals surface area (Å²) in [7, 11) is 1.53. The van der Waals surface area contributed by atoms with E-state index in [1.165, 1.54) is 13.2 Å². The second kappa shape index (κ2) is 12.3. The van der Waals surface area contributed by atoms with Crippen molar-refractivity contribution in [1.82, 2.24) is 0 Å². The molecule has 0 atom stereocenters. The van der Waals surface area contributed by atoms with Gasteiger partial charge in [0, 0.05) is 16.2 Å². The van der Waals surface area contributed by atoms with Crippen LogP contribution in [0.4, 0.5) is 5.69 Å². The van der Waals surface area contributed by atoms with E-state index in [2.05, 4.69) is 37.2 Å². The molecule has 0 aromatic heterocycles. The minimum atomic E-state index is -0.526.